The minimum atomic E-state index is 0.0878. The molecular formula is C17H21N3OS. The Morgan fingerprint density at radius 1 is 1.23 bits per heavy atom. The van der Waals surface area contributed by atoms with E-state index in [0.717, 1.165) is 29.2 Å². The smallest absolute Gasteiger partial charge is 0.226 e. The molecule has 2 aromatic heterocycles. The minimum Gasteiger partial charge on any atom is -0.353 e. The van der Waals surface area contributed by atoms with Crippen molar-refractivity contribution in [2.75, 3.05) is 0 Å². The van der Waals surface area contributed by atoms with E-state index in [9.17, 15) is 4.79 Å². The Labute approximate surface area is 135 Å². The van der Waals surface area contributed by atoms with Gasteiger partial charge in [0.05, 0.1) is 17.8 Å². The first-order chi connectivity index (χ1) is 10.8. The summed E-state index contributed by atoms with van der Waals surface area (Å²) < 4.78 is 0. The van der Waals surface area contributed by atoms with Crippen LogP contribution in [0.2, 0.25) is 0 Å². The van der Waals surface area contributed by atoms with Crippen molar-refractivity contribution in [1.29, 1.82) is 0 Å². The maximum absolute atomic E-state index is 12.2. The first-order valence-electron chi connectivity index (χ1n) is 7.96. The molecule has 0 bridgehead atoms. The maximum Gasteiger partial charge on any atom is 0.226 e. The van der Waals surface area contributed by atoms with Gasteiger partial charge < -0.3 is 5.32 Å². The number of pyridine rings is 1. The summed E-state index contributed by atoms with van der Waals surface area (Å²) in [6, 6.07) is 6.12. The van der Waals surface area contributed by atoms with Crippen molar-refractivity contribution in [2.24, 2.45) is 0 Å². The summed E-state index contributed by atoms with van der Waals surface area (Å²) in [4.78, 5) is 21.0. The first kappa shape index (κ1) is 15.2. The molecule has 0 radical (unpaired) electrons. The van der Waals surface area contributed by atoms with Gasteiger partial charge >= 0.3 is 0 Å². The number of carbonyl (C=O) groups is 1. The Kier molecular flexibility index (Phi) is 5.16. The SMILES string of the molecule is O=C(Cc1csc(-c2ccccn2)n1)NC1CCCCCC1. The third kappa shape index (κ3) is 4.13. The molecule has 1 N–H and O–H groups in total. The molecule has 0 saturated heterocycles. The quantitative estimate of drug-likeness (QED) is 0.877. The zero-order chi connectivity index (χ0) is 15.2. The maximum atomic E-state index is 12.2. The molecule has 1 fully saturated rings. The second-order valence-electron chi connectivity index (χ2n) is 5.79. The van der Waals surface area contributed by atoms with Crippen LogP contribution < -0.4 is 5.32 Å². The van der Waals surface area contributed by atoms with Crippen LogP contribution >= 0.6 is 11.3 Å². The Morgan fingerprint density at radius 2 is 2.05 bits per heavy atom. The largest absolute Gasteiger partial charge is 0.353 e. The molecule has 22 heavy (non-hydrogen) atoms. The lowest BCUT2D eigenvalue weighted by atomic mass is 10.1. The van der Waals surface area contributed by atoms with Crippen LogP contribution in [-0.2, 0) is 11.2 Å². The van der Waals surface area contributed by atoms with Gasteiger partial charge in [-0.25, -0.2) is 4.98 Å². The van der Waals surface area contributed by atoms with Gasteiger partial charge in [-0.2, -0.15) is 0 Å². The topological polar surface area (TPSA) is 54.9 Å². The number of amides is 1. The predicted octanol–water partition coefficient (Wildman–Crippen LogP) is 3.59. The van der Waals surface area contributed by atoms with Gasteiger partial charge in [0, 0.05) is 17.6 Å². The Balaban J connectivity index is 1.56. The summed E-state index contributed by atoms with van der Waals surface area (Å²) in [5, 5.41) is 5.99. The van der Waals surface area contributed by atoms with Crippen LogP contribution in [0, 0.1) is 0 Å². The van der Waals surface area contributed by atoms with E-state index in [0.29, 0.717) is 12.5 Å². The van der Waals surface area contributed by atoms with Crippen LogP contribution in [0.15, 0.2) is 29.8 Å². The monoisotopic (exact) mass is 315 g/mol. The molecule has 1 aliphatic carbocycles. The fourth-order valence-corrected chi connectivity index (χ4v) is 3.66. The van der Waals surface area contributed by atoms with Crippen LogP contribution in [0.1, 0.15) is 44.2 Å². The van der Waals surface area contributed by atoms with Gasteiger partial charge in [-0.1, -0.05) is 31.7 Å². The molecule has 0 aliphatic heterocycles. The molecular weight excluding hydrogens is 294 g/mol. The van der Waals surface area contributed by atoms with E-state index in [-0.39, 0.29) is 5.91 Å². The molecule has 116 valence electrons. The molecule has 1 saturated carbocycles. The van der Waals surface area contributed by atoms with Crippen molar-refractivity contribution in [2.45, 2.75) is 51.0 Å². The Hall–Kier alpha value is -1.75. The zero-order valence-corrected chi connectivity index (χ0v) is 13.4. The summed E-state index contributed by atoms with van der Waals surface area (Å²) in [6.45, 7) is 0. The van der Waals surface area contributed by atoms with Gasteiger partial charge in [-0.15, -0.1) is 11.3 Å². The van der Waals surface area contributed by atoms with Crippen molar-refractivity contribution in [3.05, 3.63) is 35.5 Å². The highest BCUT2D eigenvalue weighted by Crippen LogP contribution is 2.22. The average Bonchev–Trinajstić information content (AvgIpc) is 2.84. The molecule has 1 amide bonds. The molecule has 0 spiro atoms. The number of aromatic nitrogens is 2. The van der Waals surface area contributed by atoms with Crippen molar-refractivity contribution in [1.82, 2.24) is 15.3 Å². The van der Waals surface area contributed by atoms with E-state index in [1.165, 1.54) is 25.7 Å². The zero-order valence-electron chi connectivity index (χ0n) is 12.6. The van der Waals surface area contributed by atoms with Gasteiger partial charge in [-0.3, -0.25) is 9.78 Å². The van der Waals surface area contributed by atoms with E-state index in [1.54, 1.807) is 17.5 Å². The summed E-state index contributed by atoms with van der Waals surface area (Å²) in [5.41, 5.74) is 1.69. The average molecular weight is 315 g/mol. The number of carbonyl (C=O) groups excluding carboxylic acids is 1. The Morgan fingerprint density at radius 3 is 2.77 bits per heavy atom. The number of hydrogen-bond acceptors (Lipinski definition) is 4. The summed E-state index contributed by atoms with van der Waals surface area (Å²) in [7, 11) is 0. The minimum absolute atomic E-state index is 0.0878. The third-order valence-electron chi connectivity index (χ3n) is 4.00. The normalized spacial score (nSPS) is 16.2. The fourth-order valence-electron chi connectivity index (χ4n) is 2.86. The summed E-state index contributed by atoms with van der Waals surface area (Å²) in [6.07, 6.45) is 9.40. The highest BCUT2D eigenvalue weighted by Gasteiger charge is 2.16. The second-order valence-corrected chi connectivity index (χ2v) is 6.65. The van der Waals surface area contributed by atoms with Gasteiger partial charge in [0.1, 0.15) is 5.01 Å². The van der Waals surface area contributed by atoms with Gasteiger partial charge in [0.25, 0.3) is 0 Å². The van der Waals surface area contributed by atoms with E-state index in [2.05, 4.69) is 15.3 Å². The molecule has 3 rings (SSSR count). The molecule has 0 aromatic carbocycles. The number of nitrogens with one attached hydrogen (secondary N) is 1. The fraction of sp³-hybridized carbons (Fsp3) is 0.471. The van der Waals surface area contributed by atoms with E-state index >= 15 is 0 Å². The van der Waals surface area contributed by atoms with Crippen LogP contribution in [0.25, 0.3) is 10.7 Å². The number of rotatable bonds is 4. The molecule has 0 atom stereocenters. The van der Waals surface area contributed by atoms with Crippen LogP contribution in [0.5, 0.6) is 0 Å². The third-order valence-corrected chi connectivity index (χ3v) is 4.91. The van der Waals surface area contributed by atoms with Gasteiger partial charge in [-0.05, 0) is 25.0 Å². The van der Waals surface area contributed by atoms with Gasteiger partial charge in [0.15, 0.2) is 0 Å². The highest BCUT2D eigenvalue weighted by molar-refractivity contribution is 7.13. The second kappa shape index (κ2) is 7.49. The molecule has 0 unspecified atom stereocenters. The standard InChI is InChI=1S/C17H21N3OS/c21-16(19-13-7-3-1-2-4-8-13)11-14-12-22-17(20-14)15-9-5-6-10-18-15/h5-6,9-10,12-13H,1-4,7-8,11H2,(H,19,21). The lowest BCUT2D eigenvalue weighted by molar-refractivity contribution is -0.121. The van der Waals surface area contributed by atoms with Crippen molar-refractivity contribution in [3.63, 3.8) is 0 Å². The van der Waals surface area contributed by atoms with Crippen molar-refractivity contribution < 1.29 is 4.79 Å². The molecule has 2 aromatic rings. The molecule has 4 nitrogen and oxygen atoms in total. The van der Waals surface area contributed by atoms with Gasteiger partial charge in [0.2, 0.25) is 5.91 Å². The summed E-state index contributed by atoms with van der Waals surface area (Å²) in [5.74, 6) is 0.0878. The Bertz CT molecular complexity index is 603. The van der Waals surface area contributed by atoms with E-state index in [1.807, 2.05) is 23.6 Å². The van der Waals surface area contributed by atoms with E-state index in [4.69, 9.17) is 0 Å². The van der Waals surface area contributed by atoms with E-state index < -0.39 is 0 Å². The number of hydrogen-bond donors (Lipinski definition) is 1. The van der Waals surface area contributed by atoms with Crippen molar-refractivity contribution >= 4 is 17.2 Å². The lowest BCUT2D eigenvalue weighted by Gasteiger charge is -2.15. The number of thiazole rings is 1. The highest BCUT2D eigenvalue weighted by atomic mass is 32.1. The summed E-state index contributed by atoms with van der Waals surface area (Å²) >= 11 is 1.54. The molecule has 1 aliphatic rings. The molecule has 5 heteroatoms. The number of nitrogens with zero attached hydrogens (tertiary/aromatic N) is 2. The molecule has 2 heterocycles. The predicted molar refractivity (Wildman–Crippen MR) is 88.7 cm³/mol. The van der Waals surface area contributed by atoms with Crippen molar-refractivity contribution in [3.8, 4) is 10.7 Å². The van der Waals surface area contributed by atoms with Crippen LogP contribution in [-0.4, -0.2) is 21.9 Å². The lowest BCUT2D eigenvalue weighted by Crippen LogP contribution is -2.35. The van der Waals surface area contributed by atoms with Crippen LogP contribution in [0.4, 0.5) is 0 Å². The van der Waals surface area contributed by atoms with Crippen LogP contribution in [0.3, 0.4) is 0 Å². The first-order valence-corrected chi connectivity index (χ1v) is 8.84.